The predicted molar refractivity (Wildman–Crippen MR) is 115 cm³/mol. The number of aliphatic hydroxyl groups excluding tert-OH is 2. The molecule has 6 N–H and O–H groups in total. The van der Waals surface area contributed by atoms with Crippen LogP contribution < -0.4 is 5.73 Å². The number of allylic oxidation sites excluding steroid dienone is 2. The molecule has 3 atom stereocenters. The van der Waals surface area contributed by atoms with Crippen molar-refractivity contribution in [2.75, 3.05) is 13.1 Å². The molecule has 0 aromatic heterocycles. The topological polar surface area (TPSA) is 161 Å². The van der Waals surface area contributed by atoms with Gasteiger partial charge in [-0.05, 0) is 61.9 Å². The lowest BCUT2D eigenvalue weighted by Gasteiger charge is -2.45. The third-order valence-electron chi connectivity index (χ3n) is 7.63. The number of carbonyl (C=O) groups is 3. The molecule has 1 aromatic rings. The van der Waals surface area contributed by atoms with Crippen molar-refractivity contribution in [3.8, 4) is 5.75 Å². The summed E-state index contributed by atoms with van der Waals surface area (Å²) in [5.74, 6) is -6.06. The molecule has 1 heterocycles. The van der Waals surface area contributed by atoms with E-state index in [1.807, 2.05) is 6.07 Å². The minimum Gasteiger partial charge on any atom is -0.511 e. The van der Waals surface area contributed by atoms with Crippen molar-refractivity contribution in [1.29, 1.82) is 0 Å². The third-order valence-corrected chi connectivity index (χ3v) is 7.63. The van der Waals surface area contributed by atoms with Crippen molar-refractivity contribution in [2.24, 2.45) is 17.6 Å². The van der Waals surface area contributed by atoms with Crippen molar-refractivity contribution in [3.63, 3.8) is 0 Å². The van der Waals surface area contributed by atoms with Gasteiger partial charge in [0.25, 0.3) is 5.91 Å². The summed E-state index contributed by atoms with van der Waals surface area (Å²) in [7, 11) is 0. The number of fused-ring (bicyclic) bond motifs is 3. The number of hydrogen-bond donors (Lipinski definition) is 5. The van der Waals surface area contributed by atoms with E-state index in [1.54, 1.807) is 0 Å². The highest BCUT2D eigenvalue weighted by Gasteiger charge is 2.59. The third kappa shape index (κ3) is 3.02. The van der Waals surface area contributed by atoms with Crippen LogP contribution in [0.4, 0.5) is 0 Å². The summed E-state index contributed by atoms with van der Waals surface area (Å²) < 4.78 is 0. The Morgan fingerprint density at radius 3 is 2.48 bits per heavy atom. The second-order valence-electron chi connectivity index (χ2n) is 9.49. The number of primary amides is 1. The molecule has 1 saturated heterocycles. The summed E-state index contributed by atoms with van der Waals surface area (Å²) >= 11 is 0. The molecule has 1 aromatic carbocycles. The highest BCUT2D eigenvalue weighted by atomic mass is 16.3. The highest BCUT2D eigenvalue weighted by Crippen LogP contribution is 2.51. The van der Waals surface area contributed by atoms with Gasteiger partial charge in [0, 0.05) is 24.5 Å². The predicted octanol–water partition coefficient (Wildman–Crippen LogP) is 1.18. The average molecular weight is 454 g/mol. The largest absolute Gasteiger partial charge is 0.511 e. The van der Waals surface area contributed by atoms with Crippen LogP contribution in [0.5, 0.6) is 5.75 Å². The second kappa shape index (κ2) is 7.43. The zero-order valence-electron chi connectivity index (χ0n) is 18.0. The lowest BCUT2D eigenvalue weighted by molar-refractivity contribution is -0.144. The van der Waals surface area contributed by atoms with Gasteiger partial charge in [-0.3, -0.25) is 19.3 Å². The van der Waals surface area contributed by atoms with Gasteiger partial charge in [0.1, 0.15) is 22.8 Å². The number of phenols is 1. The Balaban J connectivity index is 1.61. The molecule has 0 saturated carbocycles. The van der Waals surface area contributed by atoms with Crippen LogP contribution in [0, 0.1) is 11.8 Å². The zero-order chi connectivity index (χ0) is 23.7. The van der Waals surface area contributed by atoms with Crippen LogP contribution >= 0.6 is 0 Å². The molecule has 9 heteroatoms. The van der Waals surface area contributed by atoms with Crippen LogP contribution in [0.1, 0.15) is 47.2 Å². The van der Waals surface area contributed by atoms with Crippen molar-refractivity contribution < 1.29 is 34.8 Å². The van der Waals surface area contributed by atoms with Gasteiger partial charge in [0.2, 0.25) is 5.78 Å². The number of hydrogen-bond acceptors (Lipinski definition) is 8. The van der Waals surface area contributed by atoms with E-state index in [9.17, 15) is 34.8 Å². The molecule has 1 amide bonds. The van der Waals surface area contributed by atoms with Crippen molar-refractivity contribution in [3.05, 3.63) is 51.5 Å². The summed E-state index contributed by atoms with van der Waals surface area (Å²) in [4.78, 5) is 40.5. The smallest absolute Gasteiger partial charge is 0.255 e. The molecule has 174 valence electrons. The van der Waals surface area contributed by atoms with Crippen LogP contribution in [0.15, 0.2) is 34.8 Å². The van der Waals surface area contributed by atoms with Crippen molar-refractivity contribution in [1.82, 2.24) is 4.90 Å². The van der Waals surface area contributed by atoms with Gasteiger partial charge >= 0.3 is 0 Å². The van der Waals surface area contributed by atoms with E-state index in [2.05, 4.69) is 4.90 Å². The number of likely N-dealkylation sites (tertiary alicyclic amines) is 1. The summed E-state index contributed by atoms with van der Waals surface area (Å²) in [5, 5.41) is 43.1. The van der Waals surface area contributed by atoms with Crippen LogP contribution in [0.3, 0.4) is 0 Å². The van der Waals surface area contributed by atoms with E-state index < -0.39 is 52.0 Å². The quantitative estimate of drug-likeness (QED) is 0.425. The lowest BCUT2D eigenvalue weighted by Crippen LogP contribution is -2.57. The minimum absolute atomic E-state index is 0.0725. The monoisotopic (exact) mass is 454 g/mol. The first-order valence-electron chi connectivity index (χ1n) is 11.2. The number of phenolic OH excluding ortho intramolecular Hbond substituents is 1. The Labute approximate surface area is 189 Å². The molecule has 0 bridgehead atoms. The Bertz CT molecular complexity index is 1160. The van der Waals surface area contributed by atoms with Gasteiger partial charge in [-0.25, -0.2) is 0 Å². The number of benzene rings is 1. The number of carbonyl (C=O) groups excluding carboxylic acids is 3. The van der Waals surface area contributed by atoms with Crippen LogP contribution in [-0.2, 0) is 22.6 Å². The number of aliphatic hydroxyl groups is 3. The molecule has 4 aliphatic rings. The Kier molecular flexibility index (Phi) is 4.88. The molecule has 3 aliphatic carbocycles. The Morgan fingerprint density at radius 1 is 1.12 bits per heavy atom. The fourth-order valence-corrected chi connectivity index (χ4v) is 6.01. The summed E-state index contributed by atoms with van der Waals surface area (Å²) in [6, 6.07) is 3.27. The maximum atomic E-state index is 13.5. The highest BCUT2D eigenvalue weighted by molar-refractivity contribution is 6.24. The van der Waals surface area contributed by atoms with E-state index >= 15 is 0 Å². The summed E-state index contributed by atoms with van der Waals surface area (Å²) in [6.07, 6.45) is 2.48. The first-order valence-corrected chi connectivity index (χ1v) is 11.2. The van der Waals surface area contributed by atoms with E-state index in [0.717, 1.165) is 31.5 Å². The van der Waals surface area contributed by atoms with Gasteiger partial charge < -0.3 is 26.2 Å². The lowest BCUT2D eigenvalue weighted by atomic mass is 9.60. The van der Waals surface area contributed by atoms with Gasteiger partial charge in [0.15, 0.2) is 11.4 Å². The molecule has 0 unspecified atom stereocenters. The standard InChI is InChI=1S/C24H26N2O7/c25-23(32)19-16(28)9-13-7-12-8-14-11(10-26-5-1-2-6-26)3-4-15(27)18(14)20(29)17(12)21(30)24(13,33)22(19)31/h3-4,12-13,27-28,30,33H,1-2,5-10H2,(H2,25,32)/t12-,13+,24+/m1/s1. The first-order chi connectivity index (χ1) is 15.6. The summed E-state index contributed by atoms with van der Waals surface area (Å²) in [6.45, 7) is 2.57. The van der Waals surface area contributed by atoms with Crippen molar-refractivity contribution in [2.45, 2.75) is 44.2 Å². The Hall–Kier alpha value is -3.17. The van der Waals surface area contributed by atoms with Crippen LogP contribution in [-0.4, -0.2) is 61.5 Å². The van der Waals surface area contributed by atoms with Crippen LogP contribution in [0.25, 0.3) is 0 Å². The molecule has 5 rings (SSSR count). The molecule has 0 radical (unpaired) electrons. The maximum absolute atomic E-state index is 13.5. The first kappa shape index (κ1) is 21.7. The molecule has 0 spiro atoms. The molecule has 9 nitrogen and oxygen atoms in total. The maximum Gasteiger partial charge on any atom is 0.255 e. The van der Waals surface area contributed by atoms with Crippen LogP contribution in [0.2, 0.25) is 0 Å². The number of rotatable bonds is 3. The molecular formula is C24H26N2O7. The number of ketones is 2. The number of Topliss-reactive ketones (excluding diaryl/α,β-unsaturated/α-hetero) is 2. The van der Waals surface area contributed by atoms with E-state index in [0.29, 0.717) is 18.5 Å². The number of nitrogens with zero attached hydrogens (tertiary/aromatic N) is 1. The number of amides is 1. The van der Waals surface area contributed by atoms with Gasteiger partial charge in [0.05, 0.1) is 5.56 Å². The SMILES string of the molecule is NC(=O)C1=C(O)C[C@@H]2C[C@@H]3Cc4c(CN5CCCC5)ccc(O)c4C(=O)C3=C(O)[C@]2(O)C1=O. The van der Waals surface area contributed by atoms with Gasteiger partial charge in [-0.1, -0.05) is 6.07 Å². The van der Waals surface area contributed by atoms with Crippen molar-refractivity contribution >= 4 is 17.5 Å². The molecule has 33 heavy (non-hydrogen) atoms. The minimum atomic E-state index is -2.53. The zero-order valence-corrected chi connectivity index (χ0v) is 18.0. The summed E-state index contributed by atoms with van der Waals surface area (Å²) in [5.41, 5.74) is 3.49. The fraction of sp³-hybridized carbons (Fsp3) is 0.458. The van der Waals surface area contributed by atoms with Gasteiger partial charge in [-0.15, -0.1) is 0 Å². The average Bonchev–Trinajstić information content (AvgIpc) is 3.25. The van der Waals surface area contributed by atoms with E-state index in [1.165, 1.54) is 6.07 Å². The fourth-order valence-electron chi connectivity index (χ4n) is 6.01. The van der Waals surface area contributed by atoms with Gasteiger partial charge in [-0.2, -0.15) is 0 Å². The normalized spacial score (nSPS) is 29.7. The van der Waals surface area contributed by atoms with E-state index in [-0.39, 0.29) is 29.7 Å². The molecule has 1 aliphatic heterocycles. The van der Waals surface area contributed by atoms with E-state index in [4.69, 9.17) is 5.73 Å². The molecule has 1 fully saturated rings. The number of aromatic hydroxyl groups is 1. The Morgan fingerprint density at radius 2 is 1.82 bits per heavy atom. The molecular weight excluding hydrogens is 428 g/mol. The second-order valence-corrected chi connectivity index (χ2v) is 9.49. The number of nitrogens with two attached hydrogens (primary N) is 1.